The number of aliphatic hydroxyl groups is 1. The number of sulfonamides is 1. The number of aliphatic hydroxyl groups excluding tert-OH is 1. The van der Waals surface area contributed by atoms with E-state index >= 15 is 0 Å². The summed E-state index contributed by atoms with van der Waals surface area (Å²) in [7, 11) is -3.84. The van der Waals surface area contributed by atoms with Gasteiger partial charge in [-0.15, -0.1) is 0 Å². The number of benzene rings is 1. The fraction of sp³-hybridized carbons (Fsp3) is 0.267. The molecular weight excluding hydrogens is 324 g/mol. The molecule has 0 fully saturated rings. The molecule has 1 heterocycles. The molecule has 7 heteroatoms. The highest BCUT2D eigenvalue weighted by atomic mass is 35.5. The lowest BCUT2D eigenvalue weighted by atomic mass is 10.3. The second kappa shape index (κ2) is 6.64. The third kappa shape index (κ3) is 3.58. The van der Waals surface area contributed by atoms with Gasteiger partial charge in [0, 0.05) is 6.20 Å². The maximum atomic E-state index is 12.9. The third-order valence-corrected chi connectivity index (χ3v) is 5.21. The summed E-state index contributed by atoms with van der Waals surface area (Å²) < 4.78 is 26.9. The quantitative estimate of drug-likeness (QED) is 0.849. The zero-order valence-electron chi connectivity index (χ0n) is 12.3. The largest absolute Gasteiger partial charge is 0.392 e. The lowest BCUT2D eigenvalue weighted by Gasteiger charge is -2.25. The summed E-state index contributed by atoms with van der Waals surface area (Å²) in [6.07, 6.45) is 0.416. The standard InChI is InChI=1S/C15H17ClN2O3S/c1-11-8-14(9-17-15(11)16)22(20,21)18(10-12(2)19)13-6-4-3-5-7-13/h3-9,12,19H,10H2,1-2H3/t12-/m0/s1. The molecule has 22 heavy (non-hydrogen) atoms. The maximum absolute atomic E-state index is 12.9. The summed E-state index contributed by atoms with van der Waals surface area (Å²) in [5, 5.41) is 9.91. The van der Waals surface area contributed by atoms with Crippen LogP contribution in [-0.2, 0) is 10.0 Å². The lowest BCUT2D eigenvalue weighted by Crippen LogP contribution is -2.36. The van der Waals surface area contributed by atoms with E-state index in [2.05, 4.69) is 4.98 Å². The predicted molar refractivity (Wildman–Crippen MR) is 86.6 cm³/mol. The number of hydrogen-bond acceptors (Lipinski definition) is 4. The molecule has 118 valence electrons. The van der Waals surface area contributed by atoms with Crippen LogP contribution in [0.2, 0.25) is 5.15 Å². The van der Waals surface area contributed by atoms with Crippen molar-refractivity contribution in [2.45, 2.75) is 24.8 Å². The Balaban J connectivity index is 2.51. The molecule has 0 aliphatic heterocycles. The summed E-state index contributed by atoms with van der Waals surface area (Å²) in [5.74, 6) is 0. The molecule has 1 atom stereocenters. The number of nitrogens with zero attached hydrogens (tertiary/aromatic N) is 2. The molecule has 1 aromatic heterocycles. The van der Waals surface area contributed by atoms with Gasteiger partial charge in [-0.3, -0.25) is 4.31 Å². The van der Waals surface area contributed by atoms with E-state index < -0.39 is 16.1 Å². The average molecular weight is 341 g/mol. The summed E-state index contributed by atoms with van der Waals surface area (Å²) in [6, 6.07) is 10.1. The zero-order valence-corrected chi connectivity index (χ0v) is 13.8. The number of para-hydroxylation sites is 1. The molecule has 1 N–H and O–H groups in total. The number of hydrogen-bond donors (Lipinski definition) is 1. The van der Waals surface area contributed by atoms with E-state index in [1.807, 2.05) is 0 Å². The highest BCUT2D eigenvalue weighted by Crippen LogP contribution is 2.25. The molecule has 0 aliphatic carbocycles. The van der Waals surface area contributed by atoms with Crippen molar-refractivity contribution in [2.24, 2.45) is 0 Å². The van der Waals surface area contributed by atoms with Gasteiger partial charge < -0.3 is 5.11 Å². The number of anilines is 1. The van der Waals surface area contributed by atoms with Crippen LogP contribution in [0.5, 0.6) is 0 Å². The van der Waals surface area contributed by atoms with Crippen molar-refractivity contribution in [3.63, 3.8) is 0 Å². The first-order valence-electron chi connectivity index (χ1n) is 6.70. The van der Waals surface area contributed by atoms with E-state index in [9.17, 15) is 13.5 Å². The second-order valence-electron chi connectivity index (χ2n) is 5.00. The van der Waals surface area contributed by atoms with Gasteiger partial charge in [-0.05, 0) is 37.6 Å². The van der Waals surface area contributed by atoms with Crippen molar-refractivity contribution < 1.29 is 13.5 Å². The van der Waals surface area contributed by atoms with Crippen LogP contribution in [0.25, 0.3) is 0 Å². The Morgan fingerprint density at radius 2 is 1.95 bits per heavy atom. The number of halogens is 1. The van der Waals surface area contributed by atoms with Gasteiger partial charge in [0.1, 0.15) is 10.0 Å². The molecule has 2 rings (SSSR count). The fourth-order valence-electron chi connectivity index (χ4n) is 1.98. The van der Waals surface area contributed by atoms with E-state index in [1.165, 1.54) is 23.5 Å². The Hall–Kier alpha value is -1.63. The van der Waals surface area contributed by atoms with Crippen LogP contribution in [0, 0.1) is 6.92 Å². The molecule has 1 aromatic carbocycles. The first-order valence-corrected chi connectivity index (χ1v) is 8.52. The van der Waals surface area contributed by atoms with Crippen LogP contribution in [-0.4, -0.2) is 31.2 Å². The summed E-state index contributed by atoms with van der Waals surface area (Å²) in [6.45, 7) is 3.18. The predicted octanol–water partition coefficient (Wildman–Crippen LogP) is 2.62. The smallest absolute Gasteiger partial charge is 0.265 e. The van der Waals surface area contributed by atoms with Crippen LogP contribution < -0.4 is 4.31 Å². The minimum absolute atomic E-state index is 0.0407. The van der Waals surface area contributed by atoms with Crippen molar-refractivity contribution in [3.8, 4) is 0 Å². The van der Waals surface area contributed by atoms with Gasteiger partial charge in [0.05, 0.1) is 18.3 Å². The Bertz CT molecular complexity index is 749. The lowest BCUT2D eigenvalue weighted by molar-refractivity contribution is 0.204. The van der Waals surface area contributed by atoms with Crippen molar-refractivity contribution in [1.29, 1.82) is 0 Å². The van der Waals surface area contributed by atoms with Gasteiger partial charge >= 0.3 is 0 Å². The number of pyridine rings is 1. The molecule has 0 spiro atoms. The molecule has 0 amide bonds. The van der Waals surface area contributed by atoms with Gasteiger partial charge in [0.2, 0.25) is 0 Å². The van der Waals surface area contributed by atoms with Crippen LogP contribution in [0.3, 0.4) is 0 Å². The number of aromatic nitrogens is 1. The summed E-state index contributed by atoms with van der Waals surface area (Å²) in [5.41, 5.74) is 1.06. The first-order chi connectivity index (χ1) is 10.3. The Morgan fingerprint density at radius 3 is 2.50 bits per heavy atom. The van der Waals surface area contributed by atoms with Crippen molar-refractivity contribution in [1.82, 2.24) is 4.98 Å². The van der Waals surface area contributed by atoms with Crippen LogP contribution in [0.15, 0.2) is 47.5 Å². The first kappa shape index (κ1) is 16.7. The minimum atomic E-state index is -3.84. The van der Waals surface area contributed by atoms with Crippen molar-refractivity contribution >= 4 is 27.3 Å². The fourth-order valence-corrected chi connectivity index (χ4v) is 3.66. The van der Waals surface area contributed by atoms with Gasteiger partial charge in [0.25, 0.3) is 10.0 Å². The monoisotopic (exact) mass is 340 g/mol. The molecule has 0 radical (unpaired) electrons. The Kier molecular flexibility index (Phi) is 5.05. The topological polar surface area (TPSA) is 70.5 Å². The van der Waals surface area contributed by atoms with Crippen molar-refractivity contribution in [3.05, 3.63) is 53.3 Å². The average Bonchev–Trinajstić information content (AvgIpc) is 2.48. The van der Waals surface area contributed by atoms with Crippen LogP contribution in [0.1, 0.15) is 12.5 Å². The van der Waals surface area contributed by atoms with E-state index in [0.29, 0.717) is 11.3 Å². The highest BCUT2D eigenvalue weighted by Gasteiger charge is 2.26. The minimum Gasteiger partial charge on any atom is -0.392 e. The van der Waals surface area contributed by atoms with Crippen molar-refractivity contribution in [2.75, 3.05) is 10.8 Å². The van der Waals surface area contributed by atoms with E-state index in [0.717, 1.165) is 0 Å². The van der Waals surface area contributed by atoms with E-state index in [4.69, 9.17) is 11.6 Å². The van der Waals surface area contributed by atoms with E-state index in [-0.39, 0.29) is 16.6 Å². The second-order valence-corrected chi connectivity index (χ2v) is 7.22. The normalized spacial score (nSPS) is 12.9. The maximum Gasteiger partial charge on any atom is 0.265 e. The van der Waals surface area contributed by atoms with Gasteiger partial charge in [0.15, 0.2) is 0 Å². The molecule has 0 aliphatic rings. The Labute approximate surface area is 135 Å². The number of aryl methyl sites for hydroxylation is 1. The molecule has 0 saturated carbocycles. The third-order valence-electron chi connectivity index (χ3n) is 3.05. The van der Waals surface area contributed by atoms with Gasteiger partial charge in [-0.25, -0.2) is 13.4 Å². The molecule has 0 bridgehead atoms. The van der Waals surface area contributed by atoms with Gasteiger partial charge in [-0.1, -0.05) is 29.8 Å². The molecule has 0 saturated heterocycles. The molecule has 2 aromatic rings. The molecule has 5 nitrogen and oxygen atoms in total. The van der Waals surface area contributed by atoms with Gasteiger partial charge in [-0.2, -0.15) is 0 Å². The summed E-state index contributed by atoms with van der Waals surface area (Å²) in [4.78, 5) is 3.94. The Morgan fingerprint density at radius 1 is 1.32 bits per heavy atom. The molecular formula is C15H17ClN2O3S. The zero-order chi connectivity index (χ0) is 16.3. The summed E-state index contributed by atoms with van der Waals surface area (Å²) >= 11 is 5.85. The van der Waals surface area contributed by atoms with Crippen LogP contribution >= 0.6 is 11.6 Å². The number of rotatable bonds is 5. The SMILES string of the molecule is Cc1cc(S(=O)(=O)N(C[C@H](C)O)c2ccccc2)cnc1Cl. The van der Waals surface area contributed by atoms with E-state index in [1.54, 1.807) is 37.3 Å². The molecule has 0 unspecified atom stereocenters. The highest BCUT2D eigenvalue weighted by molar-refractivity contribution is 7.92. The van der Waals surface area contributed by atoms with Crippen LogP contribution in [0.4, 0.5) is 5.69 Å².